The minimum Gasteiger partial charge on any atom is -0.327 e. The van der Waals surface area contributed by atoms with Gasteiger partial charge in [0.25, 0.3) is 0 Å². The molecule has 1 aliphatic rings. The molecular weight excluding hydrogens is 272 g/mol. The third-order valence-electron chi connectivity index (χ3n) is 3.64. The van der Waals surface area contributed by atoms with Gasteiger partial charge in [0, 0.05) is 37.1 Å². The number of hydrogen-bond acceptors (Lipinski definition) is 3. The fourth-order valence-corrected chi connectivity index (χ4v) is 2.17. The van der Waals surface area contributed by atoms with Gasteiger partial charge in [-0.2, -0.15) is 0 Å². The van der Waals surface area contributed by atoms with Gasteiger partial charge < -0.3 is 10.2 Å². The molecule has 2 aromatic rings. The smallest absolute Gasteiger partial charge is 0.170 e. The highest BCUT2D eigenvalue weighted by Crippen LogP contribution is 2.26. The molecule has 5 heteroatoms. The first-order valence-corrected chi connectivity index (χ1v) is 7.01. The quantitative estimate of drug-likeness (QED) is 0.914. The third-order valence-corrected chi connectivity index (χ3v) is 3.64. The van der Waals surface area contributed by atoms with Gasteiger partial charge in [-0.1, -0.05) is 0 Å². The summed E-state index contributed by atoms with van der Waals surface area (Å²) in [5.74, 6) is -0.405. The molecule has 3 nitrogen and oxygen atoms in total. The second-order valence-electron chi connectivity index (χ2n) is 5.30. The van der Waals surface area contributed by atoms with E-state index < -0.39 is 0 Å². The number of benzene rings is 1. The molecule has 0 radical (unpaired) electrons. The van der Waals surface area contributed by atoms with Crippen LogP contribution in [0.2, 0.25) is 0 Å². The van der Waals surface area contributed by atoms with Crippen molar-refractivity contribution in [1.82, 2.24) is 10.3 Å². The summed E-state index contributed by atoms with van der Waals surface area (Å²) in [6.07, 6.45) is 3.92. The second kappa shape index (κ2) is 5.77. The van der Waals surface area contributed by atoms with Crippen LogP contribution in [0.3, 0.4) is 0 Å². The molecule has 1 saturated carbocycles. The van der Waals surface area contributed by atoms with E-state index in [0.717, 1.165) is 12.8 Å². The predicted octanol–water partition coefficient (Wildman–Crippen LogP) is 3.38. The summed E-state index contributed by atoms with van der Waals surface area (Å²) in [4.78, 5) is 5.73. The average Bonchev–Trinajstić information content (AvgIpc) is 3.30. The maximum Gasteiger partial charge on any atom is 0.170 e. The zero-order valence-corrected chi connectivity index (χ0v) is 11.8. The van der Waals surface area contributed by atoms with Crippen molar-refractivity contribution in [3.05, 3.63) is 53.7 Å². The SMILES string of the molecule is CN(c1ccc(F)cc1)c1nccc(CNC2CC2)c1F. The number of nitrogens with one attached hydrogen (secondary N) is 1. The molecule has 3 rings (SSSR count). The van der Waals surface area contributed by atoms with Crippen molar-refractivity contribution >= 4 is 11.5 Å². The van der Waals surface area contributed by atoms with E-state index in [0.29, 0.717) is 23.8 Å². The molecule has 0 aliphatic heterocycles. The Hall–Kier alpha value is -2.01. The number of pyridine rings is 1. The van der Waals surface area contributed by atoms with Crippen molar-refractivity contribution in [3.63, 3.8) is 0 Å². The molecule has 0 spiro atoms. The van der Waals surface area contributed by atoms with Crippen molar-refractivity contribution in [2.24, 2.45) is 0 Å². The van der Waals surface area contributed by atoms with Gasteiger partial charge in [0.15, 0.2) is 11.6 Å². The number of anilines is 2. The lowest BCUT2D eigenvalue weighted by atomic mass is 10.2. The summed E-state index contributed by atoms with van der Waals surface area (Å²) in [7, 11) is 1.72. The number of aromatic nitrogens is 1. The minimum absolute atomic E-state index is 0.247. The topological polar surface area (TPSA) is 28.2 Å². The van der Waals surface area contributed by atoms with Crippen LogP contribution in [0.25, 0.3) is 0 Å². The highest BCUT2D eigenvalue weighted by Gasteiger charge is 2.21. The molecule has 21 heavy (non-hydrogen) atoms. The lowest BCUT2D eigenvalue weighted by Gasteiger charge is -2.20. The first-order chi connectivity index (χ1) is 10.1. The van der Waals surface area contributed by atoms with E-state index >= 15 is 0 Å². The first kappa shape index (κ1) is 13.9. The van der Waals surface area contributed by atoms with E-state index in [1.54, 1.807) is 36.3 Å². The lowest BCUT2D eigenvalue weighted by molar-refractivity contribution is 0.582. The van der Waals surface area contributed by atoms with Gasteiger partial charge in [-0.3, -0.25) is 0 Å². The van der Waals surface area contributed by atoms with Crippen molar-refractivity contribution in [3.8, 4) is 0 Å². The van der Waals surface area contributed by atoms with E-state index in [-0.39, 0.29) is 17.5 Å². The molecule has 1 N–H and O–H groups in total. The van der Waals surface area contributed by atoms with Gasteiger partial charge >= 0.3 is 0 Å². The van der Waals surface area contributed by atoms with E-state index in [1.165, 1.54) is 12.1 Å². The second-order valence-corrected chi connectivity index (χ2v) is 5.30. The Morgan fingerprint density at radius 2 is 1.90 bits per heavy atom. The van der Waals surface area contributed by atoms with Crippen LogP contribution in [-0.4, -0.2) is 18.1 Å². The summed E-state index contributed by atoms with van der Waals surface area (Å²) < 4.78 is 27.5. The fourth-order valence-electron chi connectivity index (χ4n) is 2.17. The van der Waals surface area contributed by atoms with Crippen molar-refractivity contribution in [2.75, 3.05) is 11.9 Å². The number of halogens is 2. The van der Waals surface area contributed by atoms with Gasteiger partial charge in [0.2, 0.25) is 0 Å². The fraction of sp³-hybridized carbons (Fsp3) is 0.312. The number of nitrogens with zero attached hydrogens (tertiary/aromatic N) is 2. The first-order valence-electron chi connectivity index (χ1n) is 7.01. The van der Waals surface area contributed by atoms with Crippen molar-refractivity contribution in [2.45, 2.75) is 25.4 Å². The zero-order chi connectivity index (χ0) is 14.8. The Morgan fingerprint density at radius 1 is 1.19 bits per heavy atom. The van der Waals surface area contributed by atoms with Gasteiger partial charge in [0.1, 0.15) is 5.82 Å². The van der Waals surface area contributed by atoms with Crippen molar-refractivity contribution < 1.29 is 8.78 Å². The van der Waals surface area contributed by atoms with E-state index in [2.05, 4.69) is 10.3 Å². The molecule has 110 valence electrons. The number of hydrogen-bond donors (Lipinski definition) is 1. The molecule has 1 aliphatic carbocycles. The largest absolute Gasteiger partial charge is 0.327 e. The molecule has 1 aromatic carbocycles. The maximum absolute atomic E-state index is 14.5. The van der Waals surface area contributed by atoms with Gasteiger partial charge in [-0.05, 0) is 43.2 Å². The molecule has 0 atom stereocenters. The normalized spacial score (nSPS) is 14.2. The lowest BCUT2D eigenvalue weighted by Crippen LogP contribution is -2.19. The van der Waals surface area contributed by atoms with E-state index in [1.807, 2.05) is 0 Å². The predicted molar refractivity (Wildman–Crippen MR) is 78.5 cm³/mol. The molecule has 0 bridgehead atoms. The van der Waals surface area contributed by atoms with Crippen LogP contribution >= 0.6 is 0 Å². The summed E-state index contributed by atoms with van der Waals surface area (Å²) >= 11 is 0. The standard InChI is InChI=1S/C16H17F2N3/c1-21(14-6-2-12(17)3-7-14)16-15(18)11(8-9-19-16)10-20-13-4-5-13/h2-3,6-9,13,20H,4-5,10H2,1H3. The molecule has 0 unspecified atom stereocenters. The highest BCUT2D eigenvalue weighted by molar-refractivity contribution is 5.60. The number of rotatable bonds is 5. The molecular formula is C16H17F2N3. The molecule has 1 fully saturated rings. The van der Waals surface area contributed by atoms with Crippen molar-refractivity contribution in [1.29, 1.82) is 0 Å². The van der Waals surface area contributed by atoms with E-state index in [9.17, 15) is 8.78 Å². The van der Waals surface area contributed by atoms with Gasteiger partial charge in [0.05, 0.1) is 0 Å². The Kier molecular flexibility index (Phi) is 3.84. The molecule has 1 aromatic heterocycles. The van der Waals surface area contributed by atoms with Crippen LogP contribution in [-0.2, 0) is 6.54 Å². The molecule has 0 amide bonds. The summed E-state index contributed by atoms with van der Waals surface area (Å²) in [6.45, 7) is 0.503. The molecule has 0 saturated heterocycles. The van der Waals surface area contributed by atoms with Crippen LogP contribution in [0, 0.1) is 11.6 Å². The Balaban J connectivity index is 1.82. The van der Waals surface area contributed by atoms with E-state index in [4.69, 9.17) is 0 Å². The van der Waals surface area contributed by atoms with Crippen LogP contribution in [0.15, 0.2) is 36.5 Å². The Morgan fingerprint density at radius 3 is 2.57 bits per heavy atom. The Bertz CT molecular complexity index is 624. The minimum atomic E-state index is -0.336. The van der Waals surface area contributed by atoms with Gasteiger partial charge in [-0.15, -0.1) is 0 Å². The maximum atomic E-state index is 14.5. The van der Waals surface area contributed by atoms with Crippen LogP contribution < -0.4 is 10.2 Å². The third kappa shape index (κ3) is 3.19. The Labute approximate surface area is 122 Å². The summed E-state index contributed by atoms with van der Waals surface area (Å²) in [5, 5.41) is 3.29. The van der Waals surface area contributed by atoms with Crippen LogP contribution in [0.5, 0.6) is 0 Å². The summed E-state index contributed by atoms with van der Waals surface area (Å²) in [6, 6.07) is 8.12. The zero-order valence-electron chi connectivity index (χ0n) is 11.8. The van der Waals surface area contributed by atoms with Crippen LogP contribution in [0.4, 0.5) is 20.3 Å². The highest BCUT2D eigenvalue weighted by atomic mass is 19.1. The molecule has 1 heterocycles. The monoisotopic (exact) mass is 289 g/mol. The average molecular weight is 289 g/mol. The van der Waals surface area contributed by atoms with Gasteiger partial charge in [-0.25, -0.2) is 13.8 Å². The summed E-state index contributed by atoms with van der Waals surface area (Å²) in [5.41, 5.74) is 1.29. The van der Waals surface area contributed by atoms with Crippen LogP contribution in [0.1, 0.15) is 18.4 Å².